The molecular weight excluding hydrogens is 400 g/mol. The van der Waals surface area contributed by atoms with Crippen LogP contribution in [0.5, 0.6) is 40.2 Å². The predicted molar refractivity (Wildman–Crippen MR) is 117 cm³/mol. The molecule has 3 aromatic rings. The smallest absolute Gasteiger partial charge is 0.204 e. The normalized spacial score (nSPS) is 11.3. The highest BCUT2D eigenvalue weighted by molar-refractivity contribution is 5.91. The van der Waals surface area contributed by atoms with Gasteiger partial charge in [0.15, 0.2) is 23.0 Å². The average Bonchev–Trinajstić information content (AvgIpc) is 2.73. The van der Waals surface area contributed by atoms with Crippen molar-refractivity contribution in [1.82, 2.24) is 0 Å². The van der Waals surface area contributed by atoms with Crippen molar-refractivity contribution in [3.05, 3.63) is 40.5 Å². The standard InChI is InChI=1S/C24H26O7/c1-9(2)15-16(21(28)24(31)23(30)20(15)27)13-7-6-8-14(12(13)5)17-18(25)10(3)11(4)19(26)22(17)29/h6-9,25-31H,1-5H3. The molecule has 0 atom stereocenters. The molecule has 3 aromatic carbocycles. The van der Waals surface area contributed by atoms with E-state index >= 15 is 0 Å². The Hall–Kier alpha value is -3.74. The minimum absolute atomic E-state index is 0.0257. The molecule has 0 fully saturated rings. The molecule has 0 bridgehead atoms. The van der Waals surface area contributed by atoms with Crippen molar-refractivity contribution in [3.63, 3.8) is 0 Å². The molecule has 31 heavy (non-hydrogen) atoms. The highest BCUT2D eigenvalue weighted by Crippen LogP contribution is 2.55. The Morgan fingerprint density at radius 1 is 0.516 bits per heavy atom. The molecular formula is C24H26O7. The molecule has 164 valence electrons. The third-order valence-corrected chi connectivity index (χ3v) is 5.85. The molecule has 7 heteroatoms. The van der Waals surface area contributed by atoms with Crippen molar-refractivity contribution in [2.75, 3.05) is 0 Å². The van der Waals surface area contributed by atoms with E-state index in [1.54, 1.807) is 52.8 Å². The van der Waals surface area contributed by atoms with E-state index in [9.17, 15) is 35.7 Å². The van der Waals surface area contributed by atoms with Gasteiger partial charge < -0.3 is 35.7 Å². The summed E-state index contributed by atoms with van der Waals surface area (Å²) in [5.74, 6) is -4.16. The fourth-order valence-corrected chi connectivity index (χ4v) is 3.93. The summed E-state index contributed by atoms with van der Waals surface area (Å²) in [6, 6.07) is 4.89. The van der Waals surface area contributed by atoms with Crippen LogP contribution in [0, 0.1) is 20.8 Å². The lowest BCUT2D eigenvalue weighted by molar-refractivity contribution is 0.343. The van der Waals surface area contributed by atoms with Gasteiger partial charge in [-0.15, -0.1) is 0 Å². The highest BCUT2D eigenvalue weighted by Gasteiger charge is 2.28. The Morgan fingerprint density at radius 2 is 0.968 bits per heavy atom. The van der Waals surface area contributed by atoms with E-state index in [0.717, 1.165) is 0 Å². The van der Waals surface area contributed by atoms with E-state index < -0.39 is 28.7 Å². The highest BCUT2D eigenvalue weighted by atomic mass is 16.3. The zero-order valence-corrected chi connectivity index (χ0v) is 17.9. The van der Waals surface area contributed by atoms with Gasteiger partial charge in [0.25, 0.3) is 0 Å². The summed E-state index contributed by atoms with van der Waals surface area (Å²) in [5, 5.41) is 72.8. The van der Waals surface area contributed by atoms with Crippen LogP contribution in [0.1, 0.15) is 42.0 Å². The van der Waals surface area contributed by atoms with Crippen molar-refractivity contribution in [1.29, 1.82) is 0 Å². The van der Waals surface area contributed by atoms with Gasteiger partial charge in [-0.25, -0.2) is 0 Å². The number of hydrogen-bond acceptors (Lipinski definition) is 7. The quantitative estimate of drug-likeness (QED) is 0.231. The lowest BCUT2D eigenvalue weighted by atomic mass is 9.85. The maximum absolute atomic E-state index is 10.7. The first-order valence-electron chi connectivity index (χ1n) is 9.75. The van der Waals surface area contributed by atoms with Crippen molar-refractivity contribution < 1.29 is 35.7 Å². The molecule has 7 N–H and O–H groups in total. The van der Waals surface area contributed by atoms with Crippen LogP contribution in [-0.2, 0) is 0 Å². The van der Waals surface area contributed by atoms with Crippen molar-refractivity contribution in [3.8, 4) is 62.5 Å². The minimum atomic E-state index is -0.851. The van der Waals surface area contributed by atoms with Crippen LogP contribution in [0.15, 0.2) is 18.2 Å². The second kappa shape index (κ2) is 7.50. The fraction of sp³-hybridized carbons (Fsp3) is 0.250. The average molecular weight is 426 g/mol. The van der Waals surface area contributed by atoms with Crippen molar-refractivity contribution in [2.24, 2.45) is 0 Å². The number of aromatic hydroxyl groups is 7. The van der Waals surface area contributed by atoms with Crippen LogP contribution < -0.4 is 0 Å². The molecule has 0 radical (unpaired) electrons. The molecule has 0 aliphatic rings. The van der Waals surface area contributed by atoms with Gasteiger partial charge in [0.2, 0.25) is 11.5 Å². The van der Waals surface area contributed by atoms with Crippen LogP contribution >= 0.6 is 0 Å². The Kier molecular flexibility index (Phi) is 5.31. The summed E-state index contributed by atoms with van der Waals surface area (Å²) >= 11 is 0. The predicted octanol–water partition coefficient (Wildman–Crippen LogP) is 5.01. The van der Waals surface area contributed by atoms with Crippen molar-refractivity contribution in [2.45, 2.75) is 40.5 Å². The summed E-state index contributed by atoms with van der Waals surface area (Å²) in [7, 11) is 0. The van der Waals surface area contributed by atoms with Gasteiger partial charge in [-0.2, -0.15) is 0 Å². The molecule has 0 aromatic heterocycles. The molecule has 3 rings (SSSR count). The lowest BCUT2D eigenvalue weighted by Gasteiger charge is -2.22. The van der Waals surface area contributed by atoms with Gasteiger partial charge in [0.05, 0.1) is 5.56 Å². The molecule has 0 aliphatic carbocycles. The van der Waals surface area contributed by atoms with E-state index in [-0.39, 0.29) is 34.1 Å². The molecule has 0 unspecified atom stereocenters. The van der Waals surface area contributed by atoms with Gasteiger partial charge in [0, 0.05) is 16.7 Å². The van der Waals surface area contributed by atoms with Crippen LogP contribution in [-0.4, -0.2) is 35.7 Å². The number of rotatable bonds is 3. The van der Waals surface area contributed by atoms with Crippen LogP contribution in [0.3, 0.4) is 0 Å². The number of hydrogen-bond donors (Lipinski definition) is 7. The van der Waals surface area contributed by atoms with E-state index in [1.807, 2.05) is 0 Å². The first-order chi connectivity index (χ1) is 14.4. The SMILES string of the molecule is Cc1c(-c2c(O)c(C)c(C)c(O)c2O)cccc1-c1c(O)c(O)c(O)c(O)c1C(C)C. The Morgan fingerprint density at radius 3 is 1.52 bits per heavy atom. The van der Waals surface area contributed by atoms with Crippen LogP contribution in [0.25, 0.3) is 22.3 Å². The van der Waals surface area contributed by atoms with Crippen LogP contribution in [0.4, 0.5) is 0 Å². The maximum Gasteiger partial charge on any atom is 0.204 e. The van der Waals surface area contributed by atoms with Gasteiger partial charge in [-0.3, -0.25) is 0 Å². The molecule has 0 amide bonds. The van der Waals surface area contributed by atoms with E-state index in [1.165, 1.54) is 0 Å². The maximum atomic E-state index is 10.7. The summed E-state index contributed by atoms with van der Waals surface area (Å²) in [6.07, 6.45) is 0. The van der Waals surface area contributed by atoms with Gasteiger partial charge in [-0.05, 0) is 48.9 Å². The largest absolute Gasteiger partial charge is 0.507 e. The van der Waals surface area contributed by atoms with E-state index in [2.05, 4.69) is 0 Å². The molecule has 7 nitrogen and oxygen atoms in total. The molecule has 0 spiro atoms. The number of phenolic OH excluding ortho intramolecular Hbond substituents is 7. The summed E-state index contributed by atoms with van der Waals surface area (Å²) in [5.41, 5.74) is 2.41. The topological polar surface area (TPSA) is 142 Å². The van der Waals surface area contributed by atoms with E-state index in [0.29, 0.717) is 27.8 Å². The van der Waals surface area contributed by atoms with E-state index in [4.69, 9.17) is 0 Å². The first kappa shape index (κ1) is 22.0. The minimum Gasteiger partial charge on any atom is -0.507 e. The van der Waals surface area contributed by atoms with Gasteiger partial charge in [-0.1, -0.05) is 32.0 Å². The third kappa shape index (κ3) is 3.13. The Bertz CT molecular complexity index is 1180. The van der Waals surface area contributed by atoms with Crippen LogP contribution in [0.2, 0.25) is 0 Å². The third-order valence-electron chi connectivity index (χ3n) is 5.85. The lowest BCUT2D eigenvalue weighted by Crippen LogP contribution is -1.98. The van der Waals surface area contributed by atoms with Gasteiger partial charge in [0.1, 0.15) is 5.75 Å². The molecule has 0 saturated carbocycles. The second-order valence-electron chi connectivity index (χ2n) is 7.99. The number of phenols is 7. The monoisotopic (exact) mass is 426 g/mol. The zero-order valence-electron chi connectivity index (χ0n) is 17.9. The number of benzene rings is 3. The first-order valence-corrected chi connectivity index (χ1v) is 9.75. The zero-order chi connectivity index (χ0) is 23.4. The molecule has 0 saturated heterocycles. The Balaban J connectivity index is 2.44. The van der Waals surface area contributed by atoms with Gasteiger partial charge >= 0.3 is 0 Å². The Labute approximate surface area is 179 Å². The summed E-state index contributed by atoms with van der Waals surface area (Å²) < 4.78 is 0. The summed E-state index contributed by atoms with van der Waals surface area (Å²) in [6.45, 7) is 8.39. The second-order valence-corrected chi connectivity index (χ2v) is 7.99. The summed E-state index contributed by atoms with van der Waals surface area (Å²) in [4.78, 5) is 0. The van der Waals surface area contributed by atoms with Crippen molar-refractivity contribution >= 4 is 0 Å². The molecule has 0 aliphatic heterocycles. The molecule has 0 heterocycles. The fourth-order valence-electron chi connectivity index (χ4n) is 3.93.